The molecule has 114 valence electrons. The molecule has 1 aromatic rings. The molecule has 1 aliphatic heterocycles. The summed E-state index contributed by atoms with van der Waals surface area (Å²) < 4.78 is 5.10. The lowest BCUT2D eigenvalue weighted by Crippen LogP contribution is -2.51. The van der Waals surface area contributed by atoms with E-state index >= 15 is 0 Å². The monoisotopic (exact) mass is 312 g/mol. The maximum Gasteiger partial charge on any atom is 0.334 e. The van der Waals surface area contributed by atoms with Gasteiger partial charge in [0.05, 0.1) is 13.2 Å². The van der Waals surface area contributed by atoms with Gasteiger partial charge in [-0.2, -0.15) is 0 Å². The van der Waals surface area contributed by atoms with Gasteiger partial charge in [-0.15, -0.1) is 0 Å². The highest BCUT2D eigenvalue weighted by atomic mass is 35.5. The third-order valence-corrected chi connectivity index (χ3v) is 3.48. The van der Waals surface area contributed by atoms with Gasteiger partial charge in [0, 0.05) is 25.2 Å². The summed E-state index contributed by atoms with van der Waals surface area (Å²) >= 11 is 5.91. The Balaban J connectivity index is 1.97. The molecule has 1 unspecified atom stereocenters. The first-order valence-electron chi connectivity index (χ1n) is 6.56. The number of carboxylic acids is 1. The summed E-state index contributed by atoms with van der Waals surface area (Å²) in [6, 6.07) is 7.06. The second-order valence-electron chi connectivity index (χ2n) is 4.91. The minimum atomic E-state index is -1.05. The highest BCUT2D eigenvalue weighted by molar-refractivity contribution is 6.30. The fourth-order valence-electron chi connectivity index (χ4n) is 2.19. The van der Waals surface area contributed by atoms with Gasteiger partial charge in [0.2, 0.25) is 0 Å². The van der Waals surface area contributed by atoms with Gasteiger partial charge in [-0.05, 0) is 17.7 Å². The Morgan fingerprint density at radius 2 is 2.29 bits per heavy atom. The van der Waals surface area contributed by atoms with Crippen molar-refractivity contribution in [1.82, 2.24) is 9.80 Å². The molecule has 2 amide bonds. The zero-order chi connectivity index (χ0) is 15.4. The third-order valence-electron chi connectivity index (χ3n) is 3.25. The molecule has 1 aliphatic rings. The molecule has 6 nitrogen and oxygen atoms in total. The zero-order valence-electron chi connectivity index (χ0n) is 11.7. The van der Waals surface area contributed by atoms with Crippen LogP contribution in [0, 0.1) is 0 Å². The smallest absolute Gasteiger partial charge is 0.334 e. The minimum Gasteiger partial charge on any atom is -0.479 e. The van der Waals surface area contributed by atoms with Crippen LogP contribution in [0.2, 0.25) is 5.02 Å². The second kappa shape index (κ2) is 6.78. The molecule has 0 saturated carbocycles. The van der Waals surface area contributed by atoms with E-state index in [9.17, 15) is 9.59 Å². The van der Waals surface area contributed by atoms with Crippen molar-refractivity contribution < 1.29 is 19.4 Å². The van der Waals surface area contributed by atoms with Crippen LogP contribution in [0.3, 0.4) is 0 Å². The molecule has 2 rings (SSSR count). The number of rotatable bonds is 3. The van der Waals surface area contributed by atoms with Gasteiger partial charge in [-0.1, -0.05) is 23.7 Å². The molecule has 0 spiro atoms. The predicted molar refractivity (Wildman–Crippen MR) is 77.3 cm³/mol. The minimum absolute atomic E-state index is 0.0635. The summed E-state index contributed by atoms with van der Waals surface area (Å²) in [5.41, 5.74) is 0.918. The van der Waals surface area contributed by atoms with Gasteiger partial charge in [0.15, 0.2) is 6.10 Å². The van der Waals surface area contributed by atoms with Crippen LogP contribution in [0.15, 0.2) is 24.3 Å². The molecule has 0 bridgehead atoms. The van der Waals surface area contributed by atoms with E-state index in [1.54, 1.807) is 19.2 Å². The quantitative estimate of drug-likeness (QED) is 0.922. The highest BCUT2D eigenvalue weighted by Gasteiger charge is 2.30. The van der Waals surface area contributed by atoms with Crippen LogP contribution >= 0.6 is 11.6 Å². The van der Waals surface area contributed by atoms with E-state index in [4.69, 9.17) is 21.4 Å². The van der Waals surface area contributed by atoms with E-state index in [-0.39, 0.29) is 19.2 Å². The van der Waals surface area contributed by atoms with Crippen LogP contribution in [-0.4, -0.2) is 59.8 Å². The molecule has 1 N–H and O–H groups in total. The Morgan fingerprint density at radius 1 is 1.52 bits per heavy atom. The Morgan fingerprint density at radius 3 is 2.95 bits per heavy atom. The van der Waals surface area contributed by atoms with Crippen molar-refractivity contribution in [3.05, 3.63) is 34.9 Å². The Labute approximate surface area is 127 Å². The van der Waals surface area contributed by atoms with Crippen molar-refractivity contribution in [3.63, 3.8) is 0 Å². The van der Waals surface area contributed by atoms with Crippen LogP contribution in [0.1, 0.15) is 5.56 Å². The number of halogens is 1. The zero-order valence-corrected chi connectivity index (χ0v) is 12.4. The van der Waals surface area contributed by atoms with Crippen LogP contribution in [-0.2, 0) is 16.1 Å². The molecule has 1 atom stereocenters. The number of benzene rings is 1. The Kier molecular flexibility index (Phi) is 5.03. The van der Waals surface area contributed by atoms with E-state index in [0.29, 0.717) is 18.1 Å². The fraction of sp³-hybridized carbons (Fsp3) is 0.429. The van der Waals surface area contributed by atoms with Gasteiger partial charge < -0.3 is 19.6 Å². The van der Waals surface area contributed by atoms with Crippen LogP contribution in [0.5, 0.6) is 0 Å². The van der Waals surface area contributed by atoms with Gasteiger partial charge >= 0.3 is 12.0 Å². The topological polar surface area (TPSA) is 70.1 Å². The molecule has 1 heterocycles. The molecular formula is C14H17ClN2O4. The summed E-state index contributed by atoms with van der Waals surface area (Å²) in [7, 11) is 1.68. The SMILES string of the molecule is CN(Cc1cccc(Cl)c1)C(=O)N1CCOC(C(=O)O)C1. The number of carboxylic acid groups (broad SMARTS) is 1. The average Bonchev–Trinajstić information content (AvgIpc) is 2.46. The third kappa shape index (κ3) is 4.09. The number of morpholine rings is 1. The number of amides is 2. The van der Waals surface area contributed by atoms with Crippen molar-refractivity contribution in [3.8, 4) is 0 Å². The molecule has 0 aromatic heterocycles. The maximum absolute atomic E-state index is 12.3. The number of aliphatic carboxylic acids is 1. The lowest BCUT2D eigenvalue weighted by atomic mass is 10.2. The standard InChI is InChI=1S/C14H17ClN2O4/c1-16(8-10-3-2-4-11(15)7-10)14(20)17-5-6-21-12(9-17)13(18)19/h2-4,7,12H,5-6,8-9H2,1H3,(H,18,19). The molecule has 1 fully saturated rings. The van der Waals surface area contributed by atoms with Crippen molar-refractivity contribution in [2.45, 2.75) is 12.6 Å². The van der Waals surface area contributed by atoms with Crippen molar-refractivity contribution in [2.75, 3.05) is 26.7 Å². The maximum atomic E-state index is 12.3. The molecule has 7 heteroatoms. The van der Waals surface area contributed by atoms with E-state index < -0.39 is 12.1 Å². The first kappa shape index (κ1) is 15.6. The number of hydrogen-bond donors (Lipinski definition) is 1. The summed E-state index contributed by atoms with van der Waals surface area (Å²) in [5.74, 6) is -1.05. The van der Waals surface area contributed by atoms with E-state index in [1.807, 2.05) is 12.1 Å². The van der Waals surface area contributed by atoms with Crippen molar-refractivity contribution in [2.24, 2.45) is 0 Å². The number of ether oxygens (including phenoxy) is 1. The summed E-state index contributed by atoms with van der Waals surface area (Å²) in [5, 5.41) is 9.57. The highest BCUT2D eigenvalue weighted by Crippen LogP contribution is 2.14. The average molecular weight is 313 g/mol. The number of hydrogen-bond acceptors (Lipinski definition) is 3. The van der Waals surface area contributed by atoms with E-state index in [1.165, 1.54) is 9.80 Å². The molecule has 21 heavy (non-hydrogen) atoms. The van der Waals surface area contributed by atoms with Crippen LogP contribution < -0.4 is 0 Å². The number of carbonyl (C=O) groups is 2. The molecule has 1 aromatic carbocycles. The van der Waals surface area contributed by atoms with Gasteiger partial charge in [0.1, 0.15) is 0 Å². The Bertz CT molecular complexity index is 537. The molecule has 1 saturated heterocycles. The summed E-state index contributed by atoms with van der Waals surface area (Å²) in [6.07, 6.45) is -0.956. The van der Waals surface area contributed by atoms with Gasteiger partial charge in [0.25, 0.3) is 0 Å². The normalized spacial score (nSPS) is 18.4. The fourth-order valence-corrected chi connectivity index (χ4v) is 2.40. The number of nitrogens with zero attached hydrogens (tertiary/aromatic N) is 2. The van der Waals surface area contributed by atoms with Crippen LogP contribution in [0.4, 0.5) is 4.79 Å². The number of carbonyl (C=O) groups excluding carboxylic acids is 1. The predicted octanol–water partition coefficient (Wildman–Crippen LogP) is 1.68. The van der Waals surface area contributed by atoms with E-state index in [2.05, 4.69) is 0 Å². The molecule has 0 aliphatic carbocycles. The lowest BCUT2D eigenvalue weighted by Gasteiger charge is -2.33. The lowest BCUT2D eigenvalue weighted by molar-refractivity contribution is -0.154. The Hall–Kier alpha value is -1.79. The largest absolute Gasteiger partial charge is 0.479 e. The second-order valence-corrected chi connectivity index (χ2v) is 5.35. The molecule has 0 radical (unpaired) electrons. The van der Waals surface area contributed by atoms with Crippen molar-refractivity contribution in [1.29, 1.82) is 0 Å². The first-order valence-corrected chi connectivity index (χ1v) is 6.94. The van der Waals surface area contributed by atoms with Crippen LogP contribution in [0.25, 0.3) is 0 Å². The van der Waals surface area contributed by atoms with E-state index in [0.717, 1.165) is 5.56 Å². The summed E-state index contributed by atoms with van der Waals surface area (Å²) in [4.78, 5) is 26.3. The van der Waals surface area contributed by atoms with Gasteiger partial charge in [-0.25, -0.2) is 9.59 Å². The summed E-state index contributed by atoms with van der Waals surface area (Å²) in [6.45, 7) is 1.10. The number of urea groups is 1. The molecular weight excluding hydrogens is 296 g/mol. The van der Waals surface area contributed by atoms with Gasteiger partial charge in [-0.3, -0.25) is 0 Å². The first-order chi connectivity index (χ1) is 9.97. The van der Waals surface area contributed by atoms with Crippen molar-refractivity contribution >= 4 is 23.6 Å².